The highest BCUT2D eigenvalue weighted by atomic mass is 16.5. The molecule has 7 nitrogen and oxygen atoms in total. The molecule has 2 aliphatic rings. The first-order chi connectivity index (χ1) is 15.4. The van der Waals surface area contributed by atoms with Gasteiger partial charge in [-0.25, -0.2) is 0 Å². The Kier molecular flexibility index (Phi) is 6.28. The van der Waals surface area contributed by atoms with Crippen LogP contribution in [0.2, 0.25) is 0 Å². The average molecular weight is 436 g/mol. The van der Waals surface area contributed by atoms with Crippen LogP contribution < -0.4 is 5.32 Å². The predicted molar refractivity (Wildman–Crippen MR) is 121 cm³/mol. The van der Waals surface area contributed by atoms with E-state index in [9.17, 15) is 14.4 Å². The van der Waals surface area contributed by atoms with Crippen molar-refractivity contribution in [2.75, 3.05) is 33.8 Å². The summed E-state index contributed by atoms with van der Waals surface area (Å²) in [5, 5.41) is 2.74. The fraction of sp³-hybridized carbons (Fsp3) is 0.400. The summed E-state index contributed by atoms with van der Waals surface area (Å²) in [5.74, 6) is -0.423. The summed E-state index contributed by atoms with van der Waals surface area (Å²) >= 11 is 0. The maximum Gasteiger partial charge on any atom is 0.256 e. The van der Waals surface area contributed by atoms with Gasteiger partial charge in [-0.3, -0.25) is 14.4 Å². The van der Waals surface area contributed by atoms with Gasteiger partial charge in [0.25, 0.3) is 5.91 Å². The zero-order chi connectivity index (χ0) is 22.7. The number of carbonyl (C=O) groups is 3. The summed E-state index contributed by atoms with van der Waals surface area (Å²) in [6.07, 6.45) is 1.20. The fourth-order valence-electron chi connectivity index (χ4n) is 4.53. The number of likely N-dealkylation sites (N-methyl/N-ethyl adjacent to an activating group) is 1. The molecule has 0 saturated carbocycles. The molecule has 2 saturated heterocycles. The van der Waals surface area contributed by atoms with E-state index in [0.29, 0.717) is 25.8 Å². The van der Waals surface area contributed by atoms with Gasteiger partial charge >= 0.3 is 0 Å². The highest BCUT2D eigenvalue weighted by Crippen LogP contribution is 2.29. The lowest BCUT2D eigenvalue weighted by atomic mass is 9.89. The van der Waals surface area contributed by atoms with Crippen LogP contribution in [-0.4, -0.2) is 73.0 Å². The molecule has 2 aromatic carbocycles. The van der Waals surface area contributed by atoms with E-state index in [4.69, 9.17) is 4.74 Å². The van der Waals surface area contributed by atoms with E-state index in [-0.39, 0.29) is 30.9 Å². The van der Waals surface area contributed by atoms with Crippen molar-refractivity contribution in [1.29, 1.82) is 0 Å². The molecule has 2 atom stereocenters. The van der Waals surface area contributed by atoms with Crippen LogP contribution >= 0.6 is 0 Å². The molecule has 2 aliphatic heterocycles. The Hall–Kier alpha value is -3.19. The third-order valence-corrected chi connectivity index (χ3v) is 6.11. The summed E-state index contributed by atoms with van der Waals surface area (Å²) in [4.78, 5) is 41.1. The summed E-state index contributed by atoms with van der Waals surface area (Å²) < 4.78 is 6.13. The van der Waals surface area contributed by atoms with Crippen molar-refractivity contribution in [2.24, 2.45) is 0 Å². The first-order valence-electron chi connectivity index (χ1n) is 11.0. The standard InChI is InChI=1S/C25H29N3O4/c1-27(2)24(31)25(16-18-7-6-10-20(15-18)19-8-4-3-5-9-19)17-28(13-14-32-25)23(30)21-11-12-22(29)26-21/h3-10,15,21H,11-14,16-17H2,1-2H3,(H,26,29)/t21-,25+/m0/s1. The minimum Gasteiger partial charge on any atom is -0.361 e. The topological polar surface area (TPSA) is 79.0 Å². The van der Waals surface area contributed by atoms with Crippen LogP contribution in [-0.2, 0) is 25.5 Å². The van der Waals surface area contributed by atoms with Gasteiger partial charge in [-0.1, -0.05) is 54.6 Å². The molecule has 1 N–H and O–H groups in total. The van der Waals surface area contributed by atoms with Crippen LogP contribution in [0.4, 0.5) is 0 Å². The van der Waals surface area contributed by atoms with Crippen LogP contribution in [0.15, 0.2) is 54.6 Å². The number of hydrogen-bond acceptors (Lipinski definition) is 4. The Morgan fingerprint density at radius 1 is 1.12 bits per heavy atom. The van der Waals surface area contributed by atoms with Gasteiger partial charge in [-0.2, -0.15) is 0 Å². The number of rotatable bonds is 5. The lowest BCUT2D eigenvalue weighted by molar-refractivity contribution is -0.173. The molecule has 7 heteroatoms. The van der Waals surface area contributed by atoms with Crippen LogP contribution in [0.3, 0.4) is 0 Å². The number of nitrogens with zero attached hydrogens (tertiary/aromatic N) is 2. The number of carbonyl (C=O) groups excluding carboxylic acids is 3. The zero-order valence-corrected chi connectivity index (χ0v) is 18.5. The van der Waals surface area contributed by atoms with E-state index in [2.05, 4.69) is 11.4 Å². The second kappa shape index (κ2) is 9.12. The zero-order valence-electron chi connectivity index (χ0n) is 18.5. The lowest BCUT2D eigenvalue weighted by Crippen LogP contribution is -2.63. The molecule has 0 unspecified atom stereocenters. The Labute approximate surface area is 188 Å². The maximum absolute atomic E-state index is 13.3. The van der Waals surface area contributed by atoms with Crippen molar-refractivity contribution in [3.63, 3.8) is 0 Å². The van der Waals surface area contributed by atoms with Gasteiger partial charge in [0.05, 0.1) is 13.2 Å². The van der Waals surface area contributed by atoms with Gasteiger partial charge in [0.1, 0.15) is 6.04 Å². The average Bonchev–Trinajstić information content (AvgIpc) is 3.25. The van der Waals surface area contributed by atoms with Gasteiger partial charge in [-0.15, -0.1) is 0 Å². The number of benzene rings is 2. The number of morpholine rings is 1. The third kappa shape index (κ3) is 4.53. The van der Waals surface area contributed by atoms with E-state index in [1.807, 2.05) is 48.5 Å². The molecule has 3 amide bonds. The van der Waals surface area contributed by atoms with Crippen LogP contribution in [0.25, 0.3) is 11.1 Å². The minimum atomic E-state index is -1.17. The summed E-state index contributed by atoms with van der Waals surface area (Å²) in [6, 6.07) is 17.6. The summed E-state index contributed by atoms with van der Waals surface area (Å²) in [5.41, 5.74) is 1.95. The van der Waals surface area contributed by atoms with Gasteiger partial charge in [-0.05, 0) is 23.1 Å². The first kappa shape index (κ1) is 22.0. The van der Waals surface area contributed by atoms with E-state index < -0.39 is 11.6 Å². The lowest BCUT2D eigenvalue weighted by Gasteiger charge is -2.43. The molecule has 4 rings (SSSR count). The number of nitrogens with one attached hydrogen (secondary N) is 1. The van der Waals surface area contributed by atoms with Crippen LogP contribution in [0, 0.1) is 0 Å². The van der Waals surface area contributed by atoms with Gasteiger partial charge in [0.2, 0.25) is 11.8 Å². The molecule has 0 bridgehead atoms. The second-order valence-electron chi connectivity index (χ2n) is 8.70. The Morgan fingerprint density at radius 3 is 2.56 bits per heavy atom. The summed E-state index contributed by atoms with van der Waals surface area (Å²) in [6.45, 7) is 0.826. The normalized spacial score (nSPS) is 23.0. The number of amides is 3. The molecule has 0 aliphatic carbocycles. The molecule has 0 aromatic heterocycles. The molecule has 2 fully saturated rings. The smallest absolute Gasteiger partial charge is 0.256 e. The van der Waals surface area contributed by atoms with Crippen molar-refractivity contribution in [1.82, 2.24) is 15.1 Å². The largest absolute Gasteiger partial charge is 0.361 e. The third-order valence-electron chi connectivity index (χ3n) is 6.11. The predicted octanol–water partition coefficient (Wildman–Crippen LogP) is 1.86. The van der Waals surface area contributed by atoms with E-state index in [1.54, 1.807) is 19.0 Å². The summed E-state index contributed by atoms with van der Waals surface area (Å²) in [7, 11) is 3.40. The quantitative estimate of drug-likeness (QED) is 0.778. The van der Waals surface area contributed by atoms with E-state index in [1.165, 1.54) is 4.90 Å². The van der Waals surface area contributed by atoms with Crippen molar-refractivity contribution in [3.8, 4) is 11.1 Å². The van der Waals surface area contributed by atoms with Crippen molar-refractivity contribution < 1.29 is 19.1 Å². The van der Waals surface area contributed by atoms with Gasteiger partial charge < -0.3 is 19.9 Å². The fourth-order valence-corrected chi connectivity index (χ4v) is 4.53. The Morgan fingerprint density at radius 2 is 1.88 bits per heavy atom. The van der Waals surface area contributed by atoms with Crippen molar-refractivity contribution in [3.05, 3.63) is 60.2 Å². The maximum atomic E-state index is 13.3. The van der Waals surface area contributed by atoms with Crippen molar-refractivity contribution in [2.45, 2.75) is 30.9 Å². The number of hydrogen-bond donors (Lipinski definition) is 1. The molecular formula is C25H29N3O4. The van der Waals surface area contributed by atoms with Crippen LogP contribution in [0.1, 0.15) is 18.4 Å². The highest BCUT2D eigenvalue weighted by Gasteiger charge is 2.47. The Balaban J connectivity index is 1.60. The van der Waals surface area contributed by atoms with E-state index >= 15 is 0 Å². The van der Waals surface area contributed by atoms with Gasteiger partial charge in [0.15, 0.2) is 5.60 Å². The van der Waals surface area contributed by atoms with Gasteiger partial charge in [0, 0.05) is 33.5 Å². The second-order valence-corrected chi connectivity index (χ2v) is 8.70. The molecule has 0 spiro atoms. The SMILES string of the molecule is CN(C)C(=O)[C@@]1(Cc2cccc(-c3ccccc3)c2)CN(C(=O)[C@@H]2CCC(=O)N2)CCO1. The van der Waals surface area contributed by atoms with Crippen molar-refractivity contribution >= 4 is 17.7 Å². The molecule has 2 heterocycles. The molecule has 32 heavy (non-hydrogen) atoms. The monoisotopic (exact) mass is 435 g/mol. The molecule has 0 radical (unpaired) electrons. The number of ether oxygens (including phenoxy) is 1. The first-order valence-corrected chi connectivity index (χ1v) is 11.0. The molecule has 2 aromatic rings. The minimum absolute atomic E-state index is 0.107. The molecular weight excluding hydrogens is 406 g/mol. The van der Waals surface area contributed by atoms with Crippen LogP contribution in [0.5, 0.6) is 0 Å². The Bertz CT molecular complexity index is 1010. The highest BCUT2D eigenvalue weighted by molar-refractivity contribution is 5.92. The molecule has 168 valence electrons. The van der Waals surface area contributed by atoms with E-state index in [0.717, 1.165) is 16.7 Å².